The average molecular weight is 299 g/mol. The van der Waals surface area contributed by atoms with E-state index in [2.05, 4.69) is 63.3 Å². The quantitative estimate of drug-likeness (QED) is 0.847. The molecule has 0 aliphatic heterocycles. The maximum absolute atomic E-state index is 4.34. The van der Waals surface area contributed by atoms with Gasteiger partial charge >= 0.3 is 0 Å². The Hall–Kier alpha value is -2.30. The van der Waals surface area contributed by atoms with Gasteiger partial charge < -0.3 is 15.1 Å². The summed E-state index contributed by atoms with van der Waals surface area (Å²) in [7, 11) is 6.13. The van der Waals surface area contributed by atoms with E-state index in [4.69, 9.17) is 0 Å². The van der Waals surface area contributed by atoms with Gasteiger partial charge in [-0.25, -0.2) is 9.97 Å². The third-order valence-corrected chi connectivity index (χ3v) is 3.55. The maximum atomic E-state index is 4.34. The molecule has 0 saturated carbocycles. The van der Waals surface area contributed by atoms with Gasteiger partial charge in [0.2, 0.25) is 0 Å². The highest BCUT2D eigenvalue weighted by Crippen LogP contribution is 2.20. The van der Waals surface area contributed by atoms with Crippen molar-refractivity contribution < 1.29 is 0 Å². The van der Waals surface area contributed by atoms with Crippen LogP contribution in [0.5, 0.6) is 0 Å². The molecule has 5 nitrogen and oxygen atoms in total. The van der Waals surface area contributed by atoms with Gasteiger partial charge in [-0.15, -0.1) is 0 Å². The van der Waals surface area contributed by atoms with E-state index >= 15 is 0 Å². The van der Waals surface area contributed by atoms with Gasteiger partial charge in [0.25, 0.3) is 0 Å². The average Bonchev–Trinajstić information content (AvgIpc) is 2.53. The van der Waals surface area contributed by atoms with E-state index in [-0.39, 0.29) is 0 Å². The molecule has 0 atom stereocenters. The lowest BCUT2D eigenvalue weighted by atomic mass is 10.2. The Bertz CT molecular complexity index is 580. The van der Waals surface area contributed by atoms with E-state index < -0.39 is 0 Å². The zero-order valence-corrected chi connectivity index (χ0v) is 13.9. The van der Waals surface area contributed by atoms with Crippen LogP contribution in [0.2, 0.25) is 0 Å². The maximum Gasteiger partial charge on any atom is 0.135 e. The first-order chi connectivity index (χ1) is 10.6. The molecular weight excluding hydrogens is 274 g/mol. The van der Waals surface area contributed by atoms with Crippen molar-refractivity contribution in [3.05, 3.63) is 36.7 Å². The van der Waals surface area contributed by atoms with Crippen LogP contribution in [0.3, 0.4) is 0 Å². The largest absolute Gasteiger partial charge is 0.378 e. The minimum atomic E-state index is 0.811. The monoisotopic (exact) mass is 299 g/mol. The summed E-state index contributed by atoms with van der Waals surface area (Å²) in [5.74, 6) is 1.75. The Morgan fingerprint density at radius 3 is 2.41 bits per heavy atom. The number of nitrogens with one attached hydrogen (secondary N) is 1. The topological polar surface area (TPSA) is 44.3 Å². The fourth-order valence-electron chi connectivity index (χ4n) is 2.12. The number of benzene rings is 1. The molecule has 1 aromatic heterocycles. The van der Waals surface area contributed by atoms with Crippen molar-refractivity contribution in [2.45, 2.75) is 19.8 Å². The molecule has 0 fully saturated rings. The zero-order valence-electron chi connectivity index (χ0n) is 13.9. The number of aromatic nitrogens is 2. The van der Waals surface area contributed by atoms with Crippen molar-refractivity contribution in [2.75, 3.05) is 42.8 Å². The van der Waals surface area contributed by atoms with Crippen molar-refractivity contribution >= 4 is 23.0 Å². The second-order valence-corrected chi connectivity index (χ2v) is 5.60. The van der Waals surface area contributed by atoms with Crippen molar-refractivity contribution in [1.29, 1.82) is 0 Å². The Kier molecular flexibility index (Phi) is 5.58. The van der Waals surface area contributed by atoms with Gasteiger partial charge in [-0.1, -0.05) is 13.3 Å². The van der Waals surface area contributed by atoms with Crippen LogP contribution in [0.15, 0.2) is 36.7 Å². The van der Waals surface area contributed by atoms with Crippen LogP contribution in [0.1, 0.15) is 19.8 Å². The predicted molar refractivity (Wildman–Crippen MR) is 94.3 cm³/mol. The first kappa shape index (κ1) is 16.1. The highest BCUT2D eigenvalue weighted by molar-refractivity contribution is 5.62. The molecule has 22 heavy (non-hydrogen) atoms. The molecule has 118 valence electrons. The van der Waals surface area contributed by atoms with Crippen molar-refractivity contribution in [2.24, 2.45) is 0 Å². The lowest BCUT2D eigenvalue weighted by Crippen LogP contribution is -2.19. The minimum Gasteiger partial charge on any atom is -0.378 e. The van der Waals surface area contributed by atoms with Crippen LogP contribution in [0.4, 0.5) is 23.0 Å². The predicted octanol–water partition coefficient (Wildman–Crippen LogP) is 3.52. The van der Waals surface area contributed by atoms with Gasteiger partial charge in [0.1, 0.15) is 18.0 Å². The number of nitrogens with zero attached hydrogens (tertiary/aromatic N) is 4. The normalized spacial score (nSPS) is 10.4. The smallest absolute Gasteiger partial charge is 0.135 e. The summed E-state index contributed by atoms with van der Waals surface area (Å²) < 4.78 is 0. The Labute approximate surface area is 133 Å². The number of rotatable bonds is 7. The molecule has 2 aromatic rings. The molecule has 1 aromatic carbocycles. The van der Waals surface area contributed by atoms with Gasteiger partial charge in [0.15, 0.2) is 0 Å². The molecule has 0 radical (unpaired) electrons. The Morgan fingerprint density at radius 2 is 1.77 bits per heavy atom. The van der Waals surface area contributed by atoms with Gasteiger partial charge in [0.05, 0.1) is 0 Å². The van der Waals surface area contributed by atoms with E-state index in [0.29, 0.717) is 0 Å². The van der Waals surface area contributed by atoms with E-state index in [9.17, 15) is 0 Å². The molecule has 1 heterocycles. The summed E-state index contributed by atoms with van der Waals surface area (Å²) >= 11 is 0. The highest BCUT2D eigenvalue weighted by Gasteiger charge is 2.04. The summed E-state index contributed by atoms with van der Waals surface area (Å²) in [6.07, 6.45) is 3.95. The SMILES string of the molecule is CCCCN(C)c1cc(Nc2ccc(N(C)C)cc2)ncn1. The van der Waals surface area contributed by atoms with E-state index in [0.717, 1.165) is 30.3 Å². The number of hydrogen-bond donors (Lipinski definition) is 1. The van der Waals surface area contributed by atoms with Crippen molar-refractivity contribution in [3.8, 4) is 0 Å². The molecule has 0 unspecified atom stereocenters. The standard InChI is InChI=1S/C17H25N5/c1-5-6-11-22(4)17-12-16(18-13-19-17)20-14-7-9-15(10-8-14)21(2)3/h7-10,12-13H,5-6,11H2,1-4H3,(H,18,19,20). The summed E-state index contributed by atoms with van der Waals surface area (Å²) in [6, 6.07) is 10.3. The van der Waals surface area contributed by atoms with Gasteiger partial charge in [0, 0.05) is 45.1 Å². The lowest BCUT2D eigenvalue weighted by molar-refractivity contribution is 0.758. The van der Waals surface area contributed by atoms with Gasteiger partial charge in [-0.3, -0.25) is 0 Å². The van der Waals surface area contributed by atoms with Crippen molar-refractivity contribution in [3.63, 3.8) is 0 Å². The molecule has 0 aliphatic carbocycles. The minimum absolute atomic E-state index is 0.811. The summed E-state index contributed by atoms with van der Waals surface area (Å²) in [5, 5.41) is 3.33. The molecule has 0 aliphatic rings. The number of unbranched alkanes of at least 4 members (excludes halogenated alkanes) is 1. The number of hydrogen-bond acceptors (Lipinski definition) is 5. The van der Waals surface area contributed by atoms with Crippen LogP contribution in [-0.2, 0) is 0 Å². The zero-order chi connectivity index (χ0) is 15.9. The van der Waals surface area contributed by atoms with E-state index in [1.54, 1.807) is 6.33 Å². The molecule has 0 bridgehead atoms. The van der Waals surface area contributed by atoms with E-state index in [1.165, 1.54) is 12.1 Å². The van der Waals surface area contributed by atoms with Gasteiger partial charge in [-0.05, 0) is 30.7 Å². The number of anilines is 4. The fraction of sp³-hybridized carbons (Fsp3) is 0.412. The first-order valence-electron chi connectivity index (χ1n) is 7.67. The third kappa shape index (κ3) is 4.35. The second kappa shape index (κ2) is 7.64. The van der Waals surface area contributed by atoms with Crippen LogP contribution in [0.25, 0.3) is 0 Å². The second-order valence-electron chi connectivity index (χ2n) is 5.60. The molecule has 5 heteroatoms. The third-order valence-electron chi connectivity index (χ3n) is 3.55. The molecule has 0 saturated heterocycles. The van der Waals surface area contributed by atoms with E-state index in [1.807, 2.05) is 20.2 Å². The van der Waals surface area contributed by atoms with Crippen LogP contribution >= 0.6 is 0 Å². The first-order valence-corrected chi connectivity index (χ1v) is 7.67. The fourth-order valence-corrected chi connectivity index (χ4v) is 2.12. The lowest BCUT2D eigenvalue weighted by Gasteiger charge is -2.18. The van der Waals surface area contributed by atoms with Gasteiger partial charge in [-0.2, -0.15) is 0 Å². The van der Waals surface area contributed by atoms with Crippen molar-refractivity contribution in [1.82, 2.24) is 9.97 Å². The van der Waals surface area contributed by atoms with Crippen LogP contribution < -0.4 is 15.1 Å². The summed E-state index contributed by atoms with van der Waals surface area (Å²) in [4.78, 5) is 12.9. The molecule has 2 rings (SSSR count). The van der Waals surface area contributed by atoms with Crippen LogP contribution in [-0.4, -0.2) is 37.7 Å². The molecule has 1 N–H and O–H groups in total. The Morgan fingerprint density at radius 1 is 1.05 bits per heavy atom. The molecule has 0 amide bonds. The van der Waals surface area contributed by atoms with Crippen LogP contribution in [0, 0.1) is 0 Å². The molecule has 0 spiro atoms. The summed E-state index contributed by atoms with van der Waals surface area (Å²) in [5.41, 5.74) is 2.19. The molecular formula is C17H25N5. The summed E-state index contributed by atoms with van der Waals surface area (Å²) in [6.45, 7) is 3.20. The highest BCUT2D eigenvalue weighted by atomic mass is 15.2. The Balaban J connectivity index is 2.06.